The molecule has 1 saturated heterocycles. The summed E-state index contributed by atoms with van der Waals surface area (Å²) in [5.74, 6) is 5.70. The Morgan fingerprint density at radius 2 is 2.10 bits per heavy atom. The number of amides is 1. The summed E-state index contributed by atoms with van der Waals surface area (Å²) in [5.41, 5.74) is 6.83. The van der Waals surface area contributed by atoms with Crippen LogP contribution in [-0.4, -0.2) is 43.5 Å². The number of hydrogen-bond acceptors (Lipinski definition) is 3. The largest absolute Gasteiger partial charge is 0.351 e. The number of likely N-dealkylation sites (tertiary alicyclic amines) is 1. The highest BCUT2D eigenvalue weighted by atomic mass is 16.1. The van der Waals surface area contributed by atoms with Crippen LogP contribution < -0.4 is 11.1 Å². The van der Waals surface area contributed by atoms with E-state index in [0.717, 1.165) is 25.2 Å². The molecule has 0 aliphatic carbocycles. The normalized spacial score (nSPS) is 15.1. The Labute approximate surface area is 126 Å². The molecular formula is C17H23N3O. The molecule has 112 valence electrons. The number of piperidine rings is 1. The Morgan fingerprint density at radius 1 is 1.29 bits per heavy atom. The van der Waals surface area contributed by atoms with Crippen molar-refractivity contribution >= 4 is 5.91 Å². The average Bonchev–Trinajstić information content (AvgIpc) is 2.54. The number of rotatable bonds is 4. The molecule has 3 N–H and O–H groups in total. The van der Waals surface area contributed by atoms with Crippen LogP contribution in [0.15, 0.2) is 24.3 Å². The number of nitrogens with one attached hydrogen (secondary N) is 1. The molecule has 0 saturated carbocycles. The lowest BCUT2D eigenvalue weighted by Gasteiger charge is -2.26. The fourth-order valence-electron chi connectivity index (χ4n) is 2.50. The fourth-order valence-corrected chi connectivity index (χ4v) is 2.50. The molecule has 0 spiro atoms. The maximum atomic E-state index is 12.1. The first-order chi connectivity index (χ1) is 10.3. The first kappa shape index (κ1) is 15.6. The van der Waals surface area contributed by atoms with Crippen LogP contribution in [0.4, 0.5) is 0 Å². The third-order valence-corrected chi connectivity index (χ3v) is 3.62. The van der Waals surface area contributed by atoms with Crippen LogP contribution in [0.2, 0.25) is 0 Å². The Bertz CT molecular complexity index is 524. The molecule has 1 heterocycles. The van der Waals surface area contributed by atoms with Crippen LogP contribution >= 0.6 is 0 Å². The Balaban J connectivity index is 1.82. The average molecular weight is 285 g/mol. The summed E-state index contributed by atoms with van der Waals surface area (Å²) in [7, 11) is 0. The Morgan fingerprint density at radius 3 is 2.86 bits per heavy atom. The van der Waals surface area contributed by atoms with E-state index in [1.165, 1.54) is 19.3 Å². The monoisotopic (exact) mass is 285 g/mol. The van der Waals surface area contributed by atoms with Gasteiger partial charge in [0.15, 0.2) is 0 Å². The van der Waals surface area contributed by atoms with Crippen molar-refractivity contribution in [1.82, 2.24) is 10.2 Å². The van der Waals surface area contributed by atoms with Crippen molar-refractivity contribution < 1.29 is 4.79 Å². The summed E-state index contributed by atoms with van der Waals surface area (Å²) < 4.78 is 0. The zero-order valence-electron chi connectivity index (χ0n) is 12.4. The molecule has 21 heavy (non-hydrogen) atoms. The zero-order chi connectivity index (χ0) is 14.9. The first-order valence-corrected chi connectivity index (χ1v) is 7.59. The van der Waals surface area contributed by atoms with Gasteiger partial charge in [-0.25, -0.2) is 0 Å². The molecule has 0 bridgehead atoms. The molecule has 0 unspecified atom stereocenters. The van der Waals surface area contributed by atoms with Crippen LogP contribution in [0.25, 0.3) is 0 Å². The number of nitrogens with zero attached hydrogens (tertiary/aromatic N) is 1. The number of benzene rings is 1. The van der Waals surface area contributed by atoms with Gasteiger partial charge in [-0.05, 0) is 44.1 Å². The molecule has 1 aliphatic rings. The lowest BCUT2D eigenvalue weighted by Crippen LogP contribution is -2.37. The number of nitrogens with two attached hydrogens (primary N) is 1. The van der Waals surface area contributed by atoms with E-state index < -0.39 is 0 Å². The van der Waals surface area contributed by atoms with E-state index >= 15 is 0 Å². The SMILES string of the molecule is NCC#Cc1cccc(C(=O)NCCN2CCCCC2)c1. The summed E-state index contributed by atoms with van der Waals surface area (Å²) >= 11 is 0. The van der Waals surface area contributed by atoms with Gasteiger partial charge in [-0.15, -0.1) is 0 Å². The number of carbonyl (C=O) groups excluding carboxylic acids is 1. The van der Waals surface area contributed by atoms with Crippen molar-refractivity contribution in [3.63, 3.8) is 0 Å². The lowest BCUT2D eigenvalue weighted by atomic mass is 10.1. The molecule has 1 aromatic rings. The molecule has 0 atom stereocenters. The molecule has 2 rings (SSSR count). The standard InChI is InChI=1S/C17H23N3O/c18-9-5-7-15-6-4-8-16(14-15)17(21)19-10-13-20-11-2-1-3-12-20/h4,6,8,14H,1-3,9-13,18H2,(H,19,21). The third kappa shape index (κ3) is 5.22. The van der Waals surface area contributed by atoms with Crippen LogP contribution in [-0.2, 0) is 0 Å². The predicted octanol–water partition coefficient (Wildman–Crippen LogP) is 1.21. The van der Waals surface area contributed by atoms with Gasteiger partial charge in [0.05, 0.1) is 6.54 Å². The highest BCUT2D eigenvalue weighted by Gasteiger charge is 2.10. The van der Waals surface area contributed by atoms with Gasteiger partial charge < -0.3 is 16.0 Å². The summed E-state index contributed by atoms with van der Waals surface area (Å²) in [5, 5.41) is 2.98. The predicted molar refractivity (Wildman–Crippen MR) is 85.0 cm³/mol. The van der Waals surface area contributed by atoms with E-state index in [0.29, 0.717) is 18.7 Å². The fraction of sp³-hybridized carbons (Fsp3) is 0.471. The van der Waals surface area contributed by atoms with Crippen molar-refractivity contribution in [2.24, 2.45) is 5.73 Å². The maximum Gasteiger partial charge on any atom is 0.251 e. The van der Waals surface area contributed by atoms with Gasteiger partial charge in [0.1, 0.15) is 0 Å². The van der Waals surface area contributed by atoms with Gasteiger partial charge in [0.2, 0.25) is 0 Å². The number of hydrogen-bond donors (Lipinski definition) is 2. The smallest absolute Gasteiger partial charge is 0.251 e. The topological polar surface area (TPSA) is 58.4 Å². The van der Waals surface area contributed by atoms with Gasteiger partial charge in [-0.2, -0.15) is 0 Å². The van der Waals surface area contributed by atoms with Crippen LogP contribution in [0.5, 0.6) is 0 Å². The second-order valence-electron chi connectivity index (χ2n) is 5.24. The minimum atomic E-state index is -0.0385. The minimum Gasteiger partial charge on any atom is -0.351 e. The zero-order valence-corrected chi connectivity index (χ0v) is 12.4. The molecule has 0 aromatic heterocycles. The van der Waals surface area contributed by atoms with Crippen molar-refractivity contribution in [2.45, 2.75) is 19.3 Å². The quantitative estimate of drug-likeness (QED) is 0.818. The van der Waals surface area contributed by atoms with Crippen molar-refractivity contribution in [2.75, 3.05) is 32.7 Å². The maximum absolute atomic E-state index is 12.1. The van der Waals surface area contributed by atoms with E-state index in [4.69, 9.17) is 5.73 Å². The van der Waals surface area contributed by atoms with Crippen LogP contribution in [0.1, 0.15) is 35.2 Å². The summed E-state index contributed by atoms with van der Waals surface area (Å²) in [6.45, 7) is 4.25. The molecular weight excluding hydrogens is 262 g/mol. The number of carbonyl (C=O) groups is 1. The second kappa shape index (κ2) is 8.46. The van der Waals surface area contributed by atoms with Crippen LogP contribution in [0.3, 0.4) is 0 Å². The van der Waals surface area contributed by atoms with Crippen LogP contribution in [0, 0.1) is 11.8 Å². The Kier molecular flexibility index (Phi) is 6.26. The third-order valence-electron chi connectivity index (χ3n) is 3.62. The molecule has 4 heteroatoms. The molecule has 1 aliphatic heterocycles. The molecule has 1 aromatic carbocycles. The van der Waals surface area contributed by atoms with Gasteiger partial charge >= 0.3 is 0 Å². The van der Waals surface area contributed by atoms with E-state index in [9.17, 15) is 4.79 Å². The van der Waals surface area contributed by atoms with E-state index in [1.54, 1.807) is 6.07 Å². The van der Waals surface area contributed by atoms with Crippen molar-refractivity contribution in [1.29, 1.82) is 0 Å². The molecule has 4 nitrogen and oxygen atoms in total. The Hall–Kier alpha value is -1.83. The van der Waals surface area contributed by atoms with E-state index in [-0.39, 0.29) is 5.91 Å². The lowest BCUT2D eigenvalue weighted by molar-refractivity contribution is 0.0946. The summed E-state index contributed by atoms with van der Waals surface area (Å²) in [6.07, 6.45) is 3.88. The van der Waals surface area contributed by atoms with Gasteiger partial charge in [-0.3, -0.25) is 4.79 Å². The van der Waals surface area contributed by atoms with Crippen molar-refractivity contribution in [3.8, 4) is 11.8 Å². The second-order valence-corrected chi connectivity index (χ2v) is 5.24. The highest BCUT2D eigenvalue weighted by Crippen LogP contribution is 2.07. The van der Waals surface area contributed by atoms with Gasteiger partial charge in [0.25, 0.3) is 5.91 Å². The van der Waals surface area contributed by atoms with Crippen molar-refractivity contribution in [3.05, 3.63) is 35.4 Å². The summed E-state index contributed by atoms with van der Waals surface area (Å²) in [6, 6.07) is 7.34. The minimum absolute atomic E-state index is 0.0385. The van der Waals surface area contributed by atoms with E-state index in [1.807, 2.05) is 18.2 Å². The van der Waals surface area contributed by atoms with Gasteiger partial charge in [0, 0.05) is 24.2 Å². The molecule has 1 fully saturated rings. The molecule has 1 amide bonds. The first-order valence-electron chi connectivity index (χ1n) is 7.59. The highest BCUT2D eigenvalue weighted by molar-refractivity contribution is 5.94. The van der Waals surface area contributed by atoms with E-state index in [2.05, 4.69) is 22.1 Å². The molecule has 0 radical (unpaired) electrons. The summed E-state index contributed by atoms with van der Waals surface area (Å²) in [4.78, 5) is 14.5. The van der Waals surface area contributed by atoms with Gasteiger partial charge in [-0.1, -0.05) is 24.3 Å².